The zero-order valence-corrected chi connectivity index (χ0v) is 16.7. The molecule has 1 N–H and O–H groups in total. The molecule has 2 aromatic heterocycles. The van der Waals surface area contributed by atoms with Crippen molar-refractivity contribution in [3.63, 3.8) is 0 Å². The average molecular weight is 403 g/mol. The van der Waals surface area contributed by atoms with E-state index >= 15 is 0 Å². The lowest BCUT2D eigenvalue weighted by atomic mass is 10.1. The molecule has 0 radical (unpaired) electrons. The van der Waals surface area contributed by atoms with E-state index in [1.54, 1.807) is 37.2 Å². The highest BCUT2D eigenvalue weighted by atomic mass is 16.5. The Hall–Kier alpha value is -3.94. The van der Waals surface area contributed by atoms with Crippen LogP contribution in [0.1, 0.15) is 15.9 Å². The van der Waals surface area contributed by atoms with Gasteiger partial charge in [-0.05, 0) is 60.5 Å². The van der Waals surface area contributed by atoms with Crippen LogP contribution >= 0.6 is 0 Å². The molecule has 4 rings (SSSR count). The molecule has 0 aliphatic carbocycles. The van der Waals surface area contributed by atoms with Crippen LogP contribution in [-0.2, 0) is 6.42 Å². The highest BCUT2D eigenvalue weighted by Gasteiger charge is 2.10. The molecule has 0 atom stereocenters. The summed E-state index contributed by atoms with van der Waals surface area (Å²) in [6, 6.07) is 16.6. The summed E-state index contributed by atoms with van der Waals surface area (Å²) >= 11 is 0. The number of methoxy groups -OCH3 is 2. The number of carbonyl (C=O) groups is 1. The van der Waals surface area contributed by atoms with E-state index in [1.165, 1.54) is 0 Å². The molecule has 0 saturated heterocycles. The number of carbonyl (C=O) groups excluding carboxylic acids is 1. The number of nitrogens with zero attached hydrogens (tertiary/aromatic N) is 4. The summed E-state index contributed by atoms with van der Waals surface area (Å²) in [6.07, 6.45) is 2.38. The normalized spacial score (nSPS) is 10.7. The van der Waals surface area contributed by atoms with Crippen molar-refractivity contribution in [2.75, 3.05) is 20.8 Å². The second-order valence-corrected chi connectivity index (χ2v) is 6.59. The van der Waals surface area contributed by atoms with Crippen LogP contribution in [0.5, 0.6) is 11.5 Å². The Morgan fingerprint density at radius 3 is 2.60 bits per heavy atom. The van der Waals surface area contributed by atoms with E-state index in [-0.39, 0.29) is 5.91 Å². The molecular weight excluding hydrogens is 382 g/mol. The Kier molecular flexibility index (Phi) is 5.56. The van der Waals surface area contributed by atoms with Crippen molar-refractivity contribution in [2.45, 2.75) is 6.42 Å². The summed E-state index contributed by atoms with van der Waals surface area (Å²) < 4.78 is 12.2. The third-order valence-corrected chi connectivity index (χ3v) is 4.73. The number of nitrogens with one attached hydrogen (secondary N) is 1. The van der Waals surface area contributed by atoms with Gasteiger partial charge in [-0.2, -0.15) is 4.68 Å². The van der Waals surface area contributed by atoms with Gasteiger partial charge in [0.15, 0.2) is 17.1 Å². The summed E-state index contributed by atoms with van der Waals surface area (Å²) in [4.78, 5) is 16.8. The third kappa shape index (κ3) is 3.93. The van der Waals surface area contributed by atoms with Crippen LogP contribution in [-0.4, -0.2) is 46.6 Å². The lowest BCUT2D eigenvalue weighted by Crippen LogP contribution is -2.25. The monoisotopic (exact) mass is 403 g/mol. The van der Waals surface area contributed by atoms with E-state index < -0.39 is 0 Å². The van der Waals surface area contributed by atoms with Gasteiger partial charge in [0.05, 0.1) is 19.9 Å². The lowest BCUT2D eigenvalue weighted by molar-refractivity contribution is 0.0954. The Bertz CT molecular complexity index is 1170. The first-order valence-corrected chi connectivity index (χ1v) is 9.45. The molecule has 0 fully saturated rings. The number of benzene rings is 2. The first-order valence-electron chi connectivity index (χ1n) is 9.45. The quantitative estimate of drug-likeness (QED) is 0.510. The molecule has 2 aromatic carbocycles. The topological polar surface area (TPSA) is 91.2 Å². The van der Waals surface area contributed by atoms with Crippen molar-refractivity contribution in [1.82, 2.24) is 25.3 Å². The van der Waals surface area contributed by atoms with Gasteiger partial charge < -0.3 is 14.8 Å². The molecule has 0 aliphatic rings. The van der Waals surface area contributed by atoms with E-state index in [2.05, 4.69) is 20.6 Å². The minimum atomic E-state index is -0.136. The maximum absolute atomic E-state index is 12.5. The van der Waals surface area contributed by atoms with E-state index in [1.807, 2.05) is 42.5 Å². The number of pyridine rings is 1. The summed E-state index contributed by atoms with van der Waals surface area (Å²) in [5.41, 5.74) is 3.80. The zero-order chi connectivity index (χ0) is 20.9. The number of hydrogen-bond donors (Lipinski definition) is 1. The van der Waals surface area contributed by atoms with Crippen LogP contribution in [0.25, 0.3) is 16.9 Å². The van der Waals surface area contributed by atoms with Crippen LogP contribution in [0.15, 0.2) is 60.8 Å². The molecule has 0 saturated carbocycles. The molecule has 4 aromatic rings. The first-order chi connectivity index (χ1) is 14.7. The van der Waals surface area contributed by atoms with E-state index in [4.69, 9.17) is 9.47 Å². The van der Waals surface area contributed by atoms with Gasteiger partial charge in [-0.3, -0.25) is 4.79 Å². The summed E-state index contributed by atoms with van der Waals surface area (Å²) in [5, 5.41) is 11.2. The van der Waals surface area contributed by atoms with Crippen molar-refractivity contribution in [3.05, 3.63) is 71.9 Å². The SMILES string of the molecule is COc1ccc(CCNC(=O)c2ccc(-n3nnc4cccnc43)cc2)cc1OC. The van der Waals surface area contributed by atoms with Crippen LogP contribution in [0, 0.1) is 0 Å². The Morgan fingerprint density at radius 1 is 1.03 bits per heavy atom. The van der Waals surface area contributed by atoms with Crippen LogP contribution in [0.3, 0.4) is 0 Å². The average Bonchev–Trinajstić information content (AvgIpc) is 3.23. The number of ether oxygens (including phenoxy) is 2. The molecule has 1 amide bonds. The number of fused-ring (bicyclic) bond motifs is 1. The van der Waals surface area contributed by atoms with E-state index in [0.29, 0.717) is 35.7 Å². The summed E-state index contributed by atoms with van der Waals surface area (Å²) in [5.74, 6) is 1.22. The maximum atomic E-state index is 12.5. The highest BCUT2D eigenvalue weighted by Crippen LogP contribution is 2.27. The molecular formula is C22H21N5O3. The predicted molar refractivity (Wildman–Crippen MR) is 112 cm³/mol. The third-order valence-electron chi connectivity index (χ3n) is 4.73. The van der Waals surface area contributed by atoms with Gasteiger partial charge in [-0.15, -0.1) is 5.10 Å². The second-order valence-electron chi connectivity index (χ2n) is 6.59. The minimum Gasteiger partial charge on any atom is -0.493 e. The smallest absolute Gasteiger partial charge is 0.251 e. The van der Waals surface area contributed by atoms with Gasteiger partial charge >= 0.3 is 0 Å². The number of aromatic nitrogens is 4. The van der Waals surface area contributed by atoms with Gasteiger partial charge in [0.1, 0.15) is 5.52 Å². The molecule has 8 heteroatoms. The van der Waals surface area contributed by atoms with Crippen molar-refractivity contribution in [2.24, 2.45) is 0 Å². The molecule has 30 heavy (non-hydrogen) atoms. The number of rotatable bonds is 7. The molecule has 152 valence electrons. The second kappa shape index (κ2) is 8.60. The van der Waals surface area contributed by atoms with Crippen LogP contribution < -0.4 is 14.8 Å². The predicted octanol–water partition coefficient (Wildman–Crippen LogP) is 2.81. The lowest BCUT2D eigenvalue weighted by Gasteiger charge is -2.10. The minimum absolute atomic E-state index is 0.136. The Balaban J connectivity index is 1.38. The fourth-order valence-electron chi connectivity index (χ4n) is 3.15. The van der Waals surface area contributed by atoms with E-state index in [0.717, 1.165) is 16.8 Å². The maximum Gasteiger partial charge on any atom is 0.251 e. The van der Waals surface area contributed by atoms with Gasteiger partial charge in [0, 0.05) is 18.3 Å². The van der Waals surface area contributed by atoms with Crippen LogP contribution in [0.2, 0.25) is 0 Å². The fraction of sp³-hybridized carbons (Fsp3) is 0.182. The summed E-state index contributed by atoms with van der Waals surface area (Å²) in [7, 11) is 3.20. The van der Waals surface area contributed by atoms with Crippen molar-refractivity contribution < 1.29 is 14.3 Å². The number of amides is 1. The molecule has 0 unspecified atom stereocenters. The number of hydrogen-bond acceptors (Lipinski definition) is 6. The molecule has 2 heterocycles. The van der Waals surface area contributed by atoms with Crippen molar-refractivity contribution >= 4 is 17.1 Å². The standard InChI is InChI=1S/C22H21N5O3/c1-29-19-10-5-15(14-20(19)30-2)11-13-24-22(28)16-6-8-17(9-7-16)27-21-18(25-26-27)4-3-12-23-21/h3-10,12,14H,11,13H2,1-2H3,(H,24,28). The van der Waals surface area contributed by atoms with Crippen molar-refractivity contribution in [3.8, 4) is 17.2 Å². The van der Waals surface area contributed by atoms with E-state index in [9.17, 15) is 4.79 Å². The van der Waals surface area contributed by atoms with Gasteiger partial charge in [-0.25, -0.2) is 4.98 Å². The molecule has 0 aliphatic heterocycles. The first kappa shape index (κ1) is 19.4. The van der Waals surface area contributed by atoms with Gasteiger partial charge in [-0.1, -0.05) is 11.3 Å². The zero-order valence-electron chi connectivity index (χ0n) is 16.7. The molecule has 0 spiro atoms. The Labute approximate surface area is 173 Å². The molecule has 0 bridgehead atoms. The molecule has 8 nitrogen and oxygen atoms in total. The van der Waals surface area contributed by atoms with Crippen LogP contribution in [0.4, 0.5) is 0 Å². The van der Waals surface area contributed by atoms with Crippen molar-refractivity contribution in [1.29, 1.82) is 0 Å². The Morgan fingerprint density at radius 2 is 1.83 bits per heavy atom. The largest absolute Gasteiger partial charge is 0.493 e. The highest BCUT2D eigenvalue weighted by molar-refractivity contribution is 5.94. The van der Waals surface area contributed by atoms with Gasteiger partial charge in [0.25, 0.3) is 5.91 Å². The van der Waals surface area contributed by atoms with Gasteiger partial charge in [0.2, 0.25) is 0 Å². The fourth-order valence-corrected chi connectivity index (χ4v) is 3.15. The summed E-state index contributed by atoms with van der Waals surface area (Å²) in [6.45, 7) is 0.508.